The van der Waals surface area contributed by atoms with Crippen LogP contribution in [-0.2, 0) is 9.47 Å². The summed E-state index contributed by atoms with van der Waals surface area (Å²) in [5, 5.41) is 0. The zero-order valence-electron chi connectivity index (χ0n) is 12.0. The van der Waals surface area contributed by atoms with Gasteiger partial charge in [0, 0.05) is 19.1 Å². The Kier molecular flexibility index (Phi) is 8.96. The maximum Gasteiger partial charge on any atom is 0.159 e. The lowest BCUT2D eigenvalue weighted by Crippen LogP contribution is -2.25. The lowest BCUT2D eigenvalue weighted by Gasteiger charge is -2.22. The molecule has 16 heavy (non-hydrogen) atoms. The number of ether oxygens (including phenoxy) is 2. The van der Waals surface area contributed by atoms with Gasteiger partial charge < -0.3 is 9.47 Å². The van der Waals surface area contributed by atoms with Crippen molar-refractivity contribution in [2.75, 3.05) is 13.2 Å². The van der Waals surface area contributed by atoms with E-state index in [1.807, 2.05) is 0 Å². The fraction of sp³-hybridized carbons (Fsp3) is 1.00. The molecule has 0 amide bonds. The van der Waals surface area contributed by atoms with E-state index in [2.05, 4.69) is 41.5 Å². The molecular weight excluding hydrogens is 200 g/mol. The van der Waals surface area contributed by atoms with Gasteiger partial charge in [0.15, 0.2) is 6.29 Å². The average molecular weight is 230 g/mol. The van der Waals surface area contributed by atoms with Gasteiger partial charge in [0.2, 0.25) is 0 Å². The van der Waals surface area contributed by atoms with Gasteiger partial charge in [-0.1, -0.05) is 41.5 Å². The summed E-state index contributed by atoms with van der Waals surface area (Å²) in [4.78, 5) is 0. The maximum absolute atomic E-state index is 5.77. The third-order valence-electron chi connectivity index (χ3n) is 2.50. The first-order valence-electron chi connectivity index (χ1n) is 6.66. The second kappa shape index (κ2) is 9.00. The van der Waals surface area contributed by atoms with Crippen LogP contribution in [0.25, 0.3) is 0 Å². The highest BCUT2D eigenvalue weighted by atomic mass is 16.7. The zero-order chi connectivity index (χ0) is 12.6. The van der Waals surface area contributed by atoms with Crippen molar-refractivity contribution >= 4 is 0 Å². The minimum atomic E-state index is -0.0301. The van der Waals surface area contributed by atoms with E-state index in [1.54, 1.807) is 0 Å². The Bertz CT molecular complexity index is 139. The van der Waals surface area contributed by atoms with Crippen LogP contribution in [0.3, 0.4) is 0 Å². The Morgan fingerprint density at radius 1 is 0.688 bits per heavy atom. The second-order valence-electron chi connectivity index (χ2n) is 5.72. The molecule has 2 nitrogen and oxygen atoms in total. The molecule has 0 aromatic carbocycles. The predicted octanol–water partition coefficient (Wildman–Crippen LogP) is 4.09. The van der Waals surface area contributed by atoms with Crippen LogP contribution in [0, 0.1) is 17.8 Å². The van der Waals surface area contributed by atoms with Gasteiger partial charge in [0.25, 0.3) is 0 Å². The Hall–Kier alpha value is -0.0800. The number of rotatable bonds is 9. The van der Waals surface area contributed by atoms with Gasteiger partial charge in [-0.15, -0.1) is 0 Å². The third kappa shape index (κ3) is 9.17. The van der Waals surface area contributed by atoms with Crippen LogP contribution >= 0.6 is 0 Å². The Labute approximate surface area is 102 Å². The fourth-order valence-electron chi connectivity index (χ4n) is 1.27. The van der Waals surface area contributed by atoms with Crippen LogP contribution in [0.1, 0.15) is 54.4 Å². The summed E-state index contributed by atoms with van der Waals surface area (Å²) in [5.74, 6) is 1.83. The van der Waals surface area contributed by atoms with Crippen molar-refractivity contribution < 1.29 is 9.47 Å². The van der Waals surface area contributed by atoms with Crippen molar-refractivity contribution in [3.05, 3.63) is 0 Å². The molecule has 0 unspecified atom stereocenters. The first-order chi connectivity index (χ1) is 7.43. The smallest absolute Gasteiger partial charge is 0.159 e. The largest absolute Gasteiger partial charge is 0.352 e. The van der Waals surface area contributed by atoms with Crippen molar-refractivity contribution in [2.45, 2.75) is 60.7 Å². The molecule has 0 spiro atoms. The lowest BCUT2D eigenvalue weighted by atomic mass is 10.1. The van der Waals surface area contributed by atoms with Crippen LogP contribution in [0.5, 0.6) is 0 Å². The van der Waals surface area contributed by atoms with E-state index in [0.29, 0.717) is 17.8 Å². The second-order valence-corrected chi connectivity index (χ2v) is 5.72. The highest BCUT2D eigenvalue weighted by Crippen LogP contribution is 2.12. The molecule has 0 aliphatic rings. The van der Waals surface area contributed by atoms with Crippen LogP contribution in [0.15, 0.2) is 0 Å². The van der Waals surface area contributed by atoms with Gasteiger partial charge in [-0.2, -0.15) is 0 Å². The summed E-state index contributed by atoms with van der Waals surface area (Å²) in [6.45, 7) is 14.8. The summed E-state index contributed by atoms with van der Waals surface area (Å²) < 4.78 is 11.5. The summed E-state index contributed by atoms with van der Waals surface area (Å²) in [6, 6.07) is 0. The fourth-order valence-corrected chi connectivity index (χ4v) is 1.27. The van der Waals surface area contributed by atoms with E-state index < -0.39 is 0 Å². The normalized spacial score (nSPS) is 12.4. The van der Waals surface area contributed by atoms with E-state index in [-0.39, 0.29) is 6.29 Å². The highest BCUT2D eigenvalue weighted by molar-refractivity contribution is 4.53. The highest BCUT2D eigenvalue weighted by Gasteiger charge is 2.14. The van der Waals surface area contributed by atoms with Crippen molar-refractivity contribution in [3.63, 3.8) is 0 Å². The molecule has 0 heterocycles. The standard InChI is InChI=1S/C14H30O2/c1-11(2)7-9-15-14(13(5)6)16-10-8-12(3)4/h11-14H,7-10H2,1-6H3. The van der Waals surface area contributed by atoms with E-state index in [4.69, 9.17) is 9.47 Å². The molecule has 0 rings (SSSR count). The van der Waals surface area contributed by atoms with Crippen molar-refractivity contribution in [3.8, 4) is 0 Å². The maximum atomic E-state index is 5.77. The van der Waals surface area contributed by atoms with Gasteiger partial charge in [-0.25, -0.2) is 0 Å². The molecule has 0 fully saturated rings. The van der Waals surface area contributed by atoms with Crippen LogP contribution < -0.4 is 0 Å². The molecule has 0 radical (unpaired) electrons. The molecule has 0 aromatic heterocycles. The Balaban J connectivity index is 3.71. The Morgan fingerprint density at radius 3 is 1.31 bits per heavy atom. The van der Waals surface area contributed by atoms with Crippen molar-refractivity contribution in [1.82, 2.24) is 0 Å². The molecule has 0 aliphatic carbocycles. The van der Waals surface area contributed by atoms with Gasteiger partial charge in [-0.05, 0) is 24.7 Å². The molecular formula is C14H30O2. The van der Waals surface area contributed by atoms with E-state index in [0.717, 1.165) is 26.1 Å². The van der Waals surface area contributed by atoms with E-state index in [9.17, 15) is 0 Å². The molecule has 2 heteroatoms. The monoisotopic (exact) mass is 230 g/mol. The molecule has 0 saturated carbocycles. The summed E-state index contributed by atoms with van der Waals surface area (Å²) in [7, 11) is 0. The van der Waals surface area contributed by atoms with Gasteiger partial charge in [0.1, 0.15) is 0 Å². The Morgan fingerprint density at radius 2 is 1.06 bits per heavy atom. The first-order valence-corrected chi connectivity index (χ1v) is 6.66. The SMILES string of the molecule is CC(C)CCOC(OCCC(C)C)C(C)C. The van der Waals surface area contributed by atoms with Gasteiger partial charge >= 0.3 is 0 Å². The molecule has 98 valence electrons. The summed E-state index contributed by atoms with van der Waals surface area (Å²) in [5.41, 5.74) is 0. The van der Waals surface area contributed by atoms with Crippen LogP contribution in [0.2, 0.25) is 0 Å². The minimum Gasteiger partial charge on any atom is -0.352 e. The predicted molar refractivity (Wildman–Crippen MR) is 69.4 cm³/mol. The van der Waals surface area contributed by atoms with Crippen molar-refractivity contribution in [1.29, 1.82) is 0 Å². The third-order valence-corrected chi connectivity index (χ3v) is 2.50. The van der Waals surface area contributed by atoms with E-state index >= 15 is 0 Å². The summed E-state index contributed by atoms with van der Waals surface area (Å²) in [6.07, 6.45) is 2.19. The van der Waals surface area contributed by atoms with Gasteiger partial charge in [0.05, 0.1) is 0 Å². The summed E-state index contributed by atoms with van der Waals surface area (Å²) >= 11 is 0. The quantitative estimate of drug-likeness (QED) is 0.555. The lowest BCUT2D eigenvalue weighted by molar-refractivity contribution is -0.168. The molecule has 0 aromatic rings. The topological polar surface area (TPSA) is 18.5 Å². The zero-order valence-corrected chi connectivity index (χ0v) is 12.0. The van der Waals surface area contributed by atoms with Gasteiger partial charge in [-0.3, -0.25) is 0 Å². The molecule has 0 aliphatic heterocycles. The van der Waals surface area contributed by atoms with E-state index in [1.165, 1.54) is 0 Å². The van der Waals surface area contributed by atoms with Crippen LogP contribution in [0.4, 0.5) is 0 Å². The minimum absolute atomic E-state index is 0.0301. The van der Waals surface area contributed by atoms with Crippen LogP contribution in [-0.4, -0.2) is 19.5 Å². The molecule has 0 atom stereocenters. The average Bonchev–Trinajstić information content (AvgIpc) is 2.14. The first kappa shape index (κ1) is 15.9. The number of hydrogen-bond acceptors (Lipinski definition) is 2. The van der Waals surface area contributed by atoms with Crippen molar-refractivity contribution in [2.24, 2.45) is 17.8 Å². The molecule has 0 N–H and O–H groups in total. The molecule has 0 saturated heterocycles. The number of hydrogen-bond donors (Lipinski definition) is 0. The molecule has 0 bridgehead atoms.